The standard InChI is InChI=1S/C12H18BN/c1-6-10-8(4)9(5)11(13)12(14-10)7(2)3/h7H,6H2,1-5H3. The van der Waals surface area contributed by atoms with Crippen molar-refractivity contribution in [3.05, 3.63) is 22.5 Å². The fourth-order valence-electron chi connectivity index (χ4n) is 1.68. The van der Waals surface area contributed by atoms with Gasteiger partial charge in [0.2, 0.25) is 0 Å². The van der Waals surface area contributed by atoms with E-state index in [0.29, 0.717) is 5.92 Å². The van der Waals surface area contributed by atoms with E-state index in [1.54, 1.807) is 0 Å². The van der Waals surface area contributed by atoms with Gasteiger partial charge in [0, 0.05) is 11.4 Å². The second kappa shape index (κ2) is 4.16. The third-order valence-electron chi connectivity index (χ3n) is 2.81. The molecule has 0 fully saturated rings. The lowest BCUT2D eigenvalue weighted by molar-refractivity contribution is 0.808. The molecule has 0 N–H and O–H groups in total. The van der Waals surface area contributed by atoms with Crippen LogP contribution in [0.5, 0.6) is 0 Å². The molecular formula is C12H18BN. The van der Waals surface area contributed by atoms with Gasteiger partial charge in [-0.3, -0.25) is 4.98 Å². The molecule has 14 heavy (non-hydrogen) atoms. The van der Waals surface area contributed by atoms with Crippen molar-refractivity contribution in [1.29, 1.82) is 0 Å². The number of aryl methyl sites for hydroxylation is 1. The lowest BCUT2D eigenvalue weighted by Gasteiger charge is -2.16. The molecule has 1 aromatic heterocycles. The minimum atomic E-state index is 0.402. The molecule has 0 unspecified atom stereocenters. The summed E-state index contributed by atoms with van der Waals surface area (Å²) in [4.78, 5) is 4.63. The molecule has 0 aliphatic rings. The average Bonchev–Trinajstić information content (AvgIpc) is 2.14. The Bertz CT molecular complexity index is 343. The maximum Gasteiger partial charge on any atom is 0.116 e. The number of rotatable bonds is 2. The predicted molar refractivity (Wildman–Crippen MR) is 62.6 cm³/mol. The molecule has 0 aromatic carbocycles. The molecule has 74 valence electrons. The molecule has 2 heteroatoms. The first-order chi connectivity index (χ1) is 6.49. The van der Waals surface area contributed by atoms with Crippen molar-refractivity contribution in [3.63, 3.8) is 0 Å². The van der Waals surface area contributed by atoms with Crippen LogP contribution in [0.1, 0.15) is 49.2 Å². The number of hydrogen-bond donors (Lipinski definition) is 0. The number of pyridine rings is 1. The van der Waals surface area contributed by atoms with Crippen molar-refractivity contribution < 1.29 is 0 Å². The summed E-state index contributed by atoms with van der Waals surface area (Å²) >= 11 is 0. The first-order valence-corrected chi connectivity index (χ1v) is 5.24. The Balaban J connectivity index is 3.40. The van der Waals surface area contributed by atoms with Crippen molar-refractivity contribution in [2.75, 3.05) is 0 Å². The van der Waals surface area contributed by atoms with Crippen LogP contribution in [0, 0.1) is 13.8 Å². The van der Waals surface area contributed by atoms with Gasteiger partial charge >= 0.3 is 0 Å². The fourth-order valence-corrected chi connectivity index (χ4v) is 1.68. The molecule has 0 saturated heterocycles. The Morgan fingerprint density at radius 1 is 1.21 bits per heavy atom. The van der Waals surface area contributed by atoms with Crippen LogP contribution in [0.3, 0.4) is 0 Å². The summed E-state index contributed by atoms with van der Waals surface area (Å²) < 4.78 is 0. The van der Waals surface area contributed by atoms with Gasteiger partial charge in [-0.2, -0.15) is 0 Å². The summed E-state index contributed by atoms with van der Waals surface area (Å²) in [5.74, 6) is 0.402. The van der Waals surface area contributed by atoms with E-state index < -0.39 is 0 Å². The molecule has 0 amide bonds. The first kappa shape index (κ1) is 11.3. The molecule has 0 bridgehead atoms. The van der Waals surface area contributed by atoms with Crippen molar-refractivity contribution in [2.45, 2.75) is 47.0 Å². The highest BCUT2D eigenvalue weighted by atomic mass is 14.7. The van der Waals surface area contributed by atoms with Gasteiger partial charge in [0.1, 0.15) is 7.85 Å². The number of nitrogens with zero attached hydrogens (tertiary/aromatic N) is 1. The Labute approximate surface area is 88.4 Å². The molecule has 1 heterocycles. The topological polar surface area (TPSA) is 12.9 Å². The van der Waals surface area contributed by atoms with E-state index in [9.17, 15) is 0 Å². The van der Waals surface area contributed by atoms with Gasteiger partial charge < -0.3 is 0 Å². The summed E-state index contributed by atoms with van der Waals surface area (Å²) in [6.45, 7) is 10.6. The molecule has 0 spiro atoms. The molecule has 0 atom stereocenters. The zero-order valence-electron chi connectivity index (χ0n) is 9.81. The van der Waals surface area contributed by atoms with Crippen LogP contribution in [-0.4, -0.2) is 12.8 Å². The van der Waals surface area contributed by atoms with Gasteiger partial charge in [-0.25, -0.2) is 0 Å². The highest BCUT2D eigenvalue weighted by Gasteiger charge is 2.11. The van der Waals surface area contributed by atoms with E-state index in [1.807, 2.05) is 0 Å². The molecule has 1 aromatic rings. The van der Waals surface area contributed by atoms with Crippen LogP contribution < -0.4 is 5.46 Å². The second-order valence-electron chi connectivity index (χ2n) is 4.12. The highest BCUT2D eigenvalue weighted by molar-refractivity contribution is 6.34. The molecule has 0 aliphatic heterocycles. The number of aromatic nitrogens is 1. The minimum Gasteiger partial charge on any atom is -0.258 e. The van der Waals surface area contributed by atoms with E-state index in [4.69, 9.17) is 7.85 Å². The molecular weight excluding hydrogens is 169 g/mol. The summed E-state index contributed by atoms with van der Waals surface area (Å²) in [6, 6.07) is 0. The van der Waals surface area contributed by atoms with Crippen molar-refractivity contribution in [3.8, 4) is 0 Å². The van der Waals surface area contributed by atoms with Crippen LogP contribution >= 0.6 is 0 Å². The number of hydrogen-bond acceptors (Lipinski definition) is 1. The predicted octanol–water partition coefficient (Wildman–Crippen LogP) is 2.18. The summed E-state index contributed by atoms with van der Waals surface area (Å²) in [6.07, 6.45) is 0.979. The Morgan fingerprint density at radius 2 is 1.79 bits per heavy atom. The van der Waals surface area contributed by atoms with Gasteiger partial charge in [-0.1, -0.05) is 31.8 Å². The maximum absolute atomic E-state index is 6.05. The van der Waals surface area contributed by atoms with Gasteiger partial charge in [0.25, 0.3) is 0 Å². The lowest BCUT2D eigenvalue weighted by Crippen LogP contribution is -2.21. The van der Waals surface area contributed by atoms with E-state index in [1.165, 1.54) is 16.8 Å². The van der Waals surface area contributed by atoms with E-state index >= 15 is 0 Å². The lowest BCUT2D eigenvalue weighted by atomic mass is 9.83. The van der Waals surface area contributed by atoms with Crippen molar-refractivity contribution in [1.82, 2.24) is 4.98 Å². The Kier molecular flexibility index (Phi) is 3.36. The van der Waals surface area contributed by atoms with Crippen LogP contribution in [0.2, 0.25) is 0 Å². The monoisotopic (exact) mass is 187 g/mol. The van der Waals surface area contributed by atoms with Gasteiger partial charge in [0.15, 0.2) is 0 Å². The van der Waals surface area contributed by atoms with E-state index in [0.717, 1.165) is 17.6 Å². The third kappa shape index (κ3) is 1.84. The second-order valence-corrected chi connectivity index (χ2v) is 4.12. The van der Waals surface area contributed by atoms with Gasteiger partial charge in [-0.05, 0) is 31.7 Å². The van der Waals surface area contributed by atoms with Crippen LogP contribution in [-0.2, 0) is 6.42 Å². The highest BCUT2D eigenvalue weighted by Crippen LogP contribution is 2.16. The van der Waals surface area contributed by atoms with Gasteiger partial charge in [0.05, 0.1) is 0 Å². The zero-order chi connectivity index (χ0) is 10.9. The minimum absolute atomic E-state index is 0.402. The first-order valence-electron chi connectivity index (χ1n) is 5.24. The molecule has 2 radical (unpaired) electrons. The molecule has 1 rings (SSSR count). The van der Waals surface area contributed by atoms with E-state index in [2.05, 4.69) is 39.6 Å². The van der Waals surface area contributed by atoms with Crippen LogP contribution in [0.25, 0.3) is 0 Å². The smallest absolute Gasteiger partial charge is 0.116 e. The largest absolute Gasteiger partial charge is 0.258 e. The third-order valence-corrected chi connectivity index (χ3v) is 2.81. The fraction of sp³-hybridized carbons (Fsp3) is 0.583. The Hall–Kier alpha value is -0.785. The van der Waals surface area contributed by atoms with Crippen molar-refractivity contribution >= 4 is 13.3 Å². The molecule has 0 saturated carbocycles. The molecule has 1 nitrogen and oxygen atoms in total. The summed E-state index contributed by atoms with van der Waals surface area (Å²) in [5, 5.41) is 0. The van der Waals surface area contributed by atoms with Gasteiger partial charge in [-0.15, -0.1) is 0 Å². The summed E-state index contributed by atoms with van der Waals surface area (Å²) in [5.41, 5.74) is 5.54. The van der Waals surface area contributed by atoms with Crippen LogP contribution in [0.15, 0.2) is 0 Å². The van der Waals surface area contributed by atoms with Crippen LogP contribution in [0.4, 0.5) is 0 Å². The normalized spacial score (nSPS) is 11.0. The van der Waals surface area contributed by atoms with E-state index in [-0.39, 0.29) is 0 Å². The Morgan fingerprint density at radius 3 is 2.21 bits per heavy atom. The quantitative estimate of drug-likeness (QED) is 0.646. The zero-order valence-corrected chi connectivity index (χ0v) is 9.81. The summed E-state index contributed by atoms with van der Waals surface area (Å²) in [7, 11) is 6.05. The molecule has 0 aliphatic carbocycles. The maximum atomic E-state index is 6.05. The van der Waals surface area contributed by atoms with Crippen molar-refractivity contribution in [2.24, 2.45) is 0 Å². The average molecular weight is 187 g/mol. The SMILES string of the molecule is [B]c1c(C(C)C)nc(CC)c(C)c1C.